The number of ether oxygens (including phenoxy) is 1. The zero-order chi connectivity index (χ0) is 16.6. The average Bonchev–Trinajstić information content (AvgIpc) is 2.66. The first-order valence-electron chi connectivity index (χ1n) is 8.19. The van der Waals surface area contributed by atoms with Crippen molar-refractivity contribution in [1.29, 1.82) is 0 Å². The number of rotatable bonds is 5. The summed E-state index contributed by atoms with van der Waals surface area (Å²) in [5.74, 6) is 3.75. The molecule has 0 saturated carbocycles. The van der Waals surface area contributed by atoms with Gasteiger partial charge >= 0.3 is 0 Å². The molecule has 1 aliphatic rings. The molecule has 25 heavy (non-hydrogen) atoms. The Hall–Kier alpha value is -1.41. The van der Waals surface area contributed by atoms with E-state index in [4.69, 9.17) is 10.5 Å². The molecule has 0 atom stereocenters. The first-order valence-corrected chi connectivity index (χ1v) is 9.35. The summed E-state index contributed by atoms with van der Waals surface area (Å²) in [4.78, 5) is 6.69. The van der Waals surface area contributed by atoms with E-state index in [1.54, 1.807) is 0 Å². The van der Waals surface area contributed by atoms with Crippen molar-refractivity contribution in [2.75, 3.05) is 24.6 Å². The second-order valence-electron chi connectivity index (χ2n) is 5.70. The van der Waals surface area contributed by atoms with Crippen LogP contribution in [0.25, 0.3) is 0 Å². The van der Waals surface area contributed by atoms with Gasteiger partial charge < -0.3 is 15.4 Å². The number of benzene rings is 2. The molecule has 2 N–H and O–H groups in total. The number of hydrogen-bond donors (Lipinski definition) is 1. The zero-order valence-electron chi connectivity index (χ0n) is 14.1. The molecular weight excluding hydrogens is 445 g/mol. The summed E-state index contributed by atoms with van der Waals surface area (Å²) in [6, 6.07) is 18.2. The van der Waals surface area contributed by atoms with Crippen LogP contribution < -0.4 is 10.5 Å². The summed E-state index contributed by atoms with van der Waals surface area (Å²) in [6.45, 7) is 3.12. The van der Waals surface area contributed by atoms with Crippen molar-refractivity contribution >= 4 is 41.7 Å². The molecule has 1 fully saturated rings. The molecule has 2 aromatic carbocycles. The molecule has 134 valence electrons. The molecule has 0 spiro atoms. The van der Waals surface area contributed by atoms with Crippen LogP contribution in [0.2, 0.25) is 0 Å². The van der Waals surface area contributed by atoms with E-state index in [1.165, 1.54) is 0 Å². The summed E-state index contributed by atoms with van der Waals surface area (Å²) >= 11 is 1.97. The normalized spacial score (nSPS) is 14.7. The minimum atomic E-state index is 0. The molecule has 1 aliphatic heterocycles. The highest BCUT2D eigenvalue weighted by molar-refractivity contribution is 14.0. The second-order valence-corrected chi connectivity index (χ2v) is 6.92. The first-order chi connectivity index (χ1) is 11.8. The van der Waals surface area contributed by atoms with Gasteiger partial charge in [-0.05, 0) is 23.3 Å². The zero-order valence-corrected chi connectivity index (χ0v) is 17.3. The highest BCUT2D eigenvalue weighted by atomic mass is 127. The SMILES string of the molecule is I.NC(=NCc1cccc(OCc2ccccc2)c1)N1CCSCC1. The van der Waals surface area contributed by atoms with Gasteiger partial charge in [0.1, 0.15) is 12.4 Å². The lowest BCUT2D eigenvalue weighted by atomic mass is 10.2. The number of guanidine groups is 1. The van der Waals surface area contributed by atoms with Crippen LogP contribution in [0.4, 0.5) is 0 Å². The van der Waals surface area contributed by atoms with Gasteiger partial charge in [0.2, 0.25) is 0 Å². The van der Waals surface area contributed by atoms with Crippen LogP contribution in [0.1, 0.15) is 11.1 Å². The van der Waals surface area contributed by atoms with Crippen LogP contribution in [0.3, 0.4) is 0 Å². The Morgan fingerprint density at radius 2 is 1.76 bits per heavy atom. The van der Waals surface area contributed by atoms with Gasteiger partial charge in [-0.1, -0.05) is 42.5 Å². The van der Waals surface area contributed by atoms with Crippen molar-refractivity contribution in [2.24, 2.45) is 10.7 Å². The highest BCUT2D eigenvalue weighted by Gasteiger charge is 2.11. The minimum absolute atomic E-state index is 0. The fraction of sp³-hybridized carbons (Fsp3) is 0.316. The Morgan fingerprint density at radius 3 is 2.52 bits per heavy atom. The largest absolute Gasteiger partial charge is 0.489 e. The number of halogens is 1. The standard InChI is InChI=1S/C19H23N3OS.HI/c20-19(22-9-11-24-12-10-22)21-14-17-7-4-8-18(13-17)23-15-16-5-2-1-3-6-16;/h1-8,13H,9-12,14-15H2,(H2,20,21);1H. The maximum Gasteiger partial charge on any atom is 0.191 e. The summed E-state index contributed by atoms with van der Waals surface area (Å²) < 4.78 is 5.86. The molecule has 4 nitrogen and oxygen atoms in total. The number of hydrogen-bond acceptors (Lipinski definition) is 3. The van der Waals surface area contributed by atoms with Gasteiger partial charge in [0.05, 0.1) is 6.54 Å². The van der Waals surface area contributed by atoms with Gasteiger partial charge in [0, 0.05) is 24.6 Å². The van der Waals surface area contributed by atoms with E-state index in [9.17, 15) is 0 Å². The molecule has 0 unspecified atom stereocenters. The van der Waals surface area contributed by atoms with Crippen LogP contribution in [-0.2, 0) is 13.2 Å². The monoisotopic (exact) mass is 469 g/mol. The molecule has 1 heterocycles. The van der Waals surface area contributed by atoms with E-state index in [0.29, 0.717) is 19.1 Å². The van der Waals surface area contributed by atoms with Gasteiger partial charge in [0.25, 0.3) is 0 Å². The Kier molecular flexibility index (Phi) is 8.40. The topological polar surface area (TPSA) is 50.9 Å². The summed E-state index contributed by atoms with van der Waals surface area (Å²) in [5.41, 5.74) is 8.37. The number of nitrogens with zero attached hydrogens (tertiary/aromatic N) is 2. The van der Waals surface area contributed by atoms with Crippen molar-refractivity contribution in [2.45, 2.75) is 13.2 Å². The minimum Gasteiger partial charge on any atom is -0.489 e. The maximum absolute atomic E-state index is 6.10. The van der Waals surface area contributed by atoms with Gasteiger partial charge in [-0.15, -0.1) is 24.0 Å². The fourth-order valence-electron chi connectivity index (χ4n) is 2.54. The third kappa shape index (κ3) is 6.43. The lowest BCUT2D eigenvalue weighted by Crippen LogP contribution is -2.42. The molecule has 6 heteroatoms. The Labute approximate surface area is 170 Å². The molecule has 0 radical (unpaired) electrons. The molecule has 0 amide bonds. The molecule has 0 aliphatic carbocycles. The highest BCUT2D eigenvalue weighted by Crippen LogP contribution is 2.16. The van der Waals surface area contributed by atoms with E-state index in [1.807, 2.05) is 48.2 Å². The average molecular weight is 469 g/mol. The van der Waals surface area contributed by atoms with Gasteiger partial charge in [0.15, 0.2) is 5.96 Å². The lowest BCUT2D eigenvalue weighted by Gasteiger charge is -2.27. The fourth-order valence-corrected chi connectivity index (χ4v) is 3.44. The summed E-state index contributed by atoms with van der Waals surface area (Å²) in [7, 11) is 0. The Bertz CT molecular complexity index is 675. The van der Waals surface area contributed by atoms with Crippen molar-refractivity contribution in [3.05, 3.63) is 65.7 Å². The van der Waals surface area contributed by atoms with Crippen molar-refractivity contribution in [3.8, 4) is 5.75 Å². The maximum atomic E-state index is 6.10. The Morgan fingerprint density at radius 1 is 1.04 bits per heavy atom. The third-order valence-electron chi connectivity index (χ3n) is 3.91. The Balaban J connectivity index is 0.00000225. The predicted molar refractivity (Wildman–Crippen MR) is 117 cm³/mol. The summed E-state index contributed by atoms with van der Waals surface area (Å²) in [6.07, 6.45) is 0. The van der Waals surface area contributed by atoms with Crippen LogP contribution in [0.15, 0.2) is 59.6 Å². The van der Waals surface area contributed by atoms with Crippen LogP contribution >= 0.6 is 35.7 Å². The number of thioether (sulfide) groups is 1. The second kappa shape index (κ2) is 10.6. The molecule has 2 aromatic rings. The lowest BCUT2D eigenvalue weighted by molar-refractivity contribution is 0.306. The van der Waals surface area contributed by atoms with Crippen LogP contribution in [-0.4, -0.2) is 35.5 Å². The van der Waals surface area contributed by atoms with Gasteiger partial charge in [-0.25, -0.2) is 4.99 Å². The van der Waals surface area contributed by atoms with Crippen LogP contribution in [0, 0.1) is 0 Å². The molecular formula is C19H24IN3OS. The third-order valence-corrected chi connectivity index (χ3v) is 4.85. The van der Waals surface area contributed by atoms with Crippen molar-refractivity contribution in [1.82, 2.24) is 4.90 Å². The van der Waals surface area contributed by atoms with Crippen LogP contribution in [0.5, 0.6) is 5.75 Å². The summed E-state index contributed by atoms with van der Waals surface area (Å²) in [5, 5.41) is 0. The van der Waals surface area contributed by atoms with Crippen molar-refractivity contribution in [3.63, 3.8) is 0 Å². The van der Waals surface area contributed by atoms with E-state index in [2.05, 4.69) is 28.1 Å². The predicted octanol–water partition coefficient (Wildman–Crippen LogP) is 3.75. The molecule has 0 aromatic heterocycles. The van der Waals surface area contributed by atoms with E-state index in [0.717, 1.165) is 41.5 Å². The first kappa shape index (κ1) is 19.9. The van der Waals surface area contributed by atoms with Crippen molar-refractivity contribution < 1.29 is 4.74 Å². The van der Waals surface area contributed by atoms with E-state index in [-0.39, 0.29) is 24.0 Å². The van der Waals surface area contributed by atoms with Gasteiger partial charge in [-0.3, -0.25) is 0 Å². The molecule has 1 saturated heterocycles. The van der Waals surface area contributed by atoms with Gasteiger partial charge in [-0.2, -0.15) is 11.8 Å². The quantitative estimate of drug-likeness (QED) is 0.412. The van der Waals surface area contributed by atoms with E-state index >= 15 is 0 Å². The smallest absolute Gasteiger partial charge is 0.191 e. The van der Waals surface area contributed by atoms with E-state index < -0.39 is 0 Å². The number of nitrogens with two attached hydrogens (primary N) is 1. The molecule has 3 rings (SSSR count). The number of aliphatic imine (C=N–C) groups is 1. The molecule has 0 bridgehead atoms.